The van der Waals surface area contributed by atoms with Crippen LogP contribution in [0, 0.1) is 0 Å². The summed E-state index contributed by atoms with van der Waals surface area (Å²) < 4.78 is 0. The standard InChI is InChI=1S/C20H24N2OS2/c1-13-11-19(21-15-5-7-16(24-3)8-6-15)18-12-17(25-4)9-10-20(18)22(13)14(2)23/h5-10,12-13,19,21H,11H2,1-4H3/t13-,19+/m0/s1. The zero-order chi connectivity index (χ0) is 18.0. The fourth-order valence-electron chi connectivity index (χ4n) is 3.47. The quantitative estimate of drug-likeness (QED) is 0.726. The average Bonchev–Trinajstić information content (AvgIpc) is 2.61. The molecule has 25 heavy (non-hydrogen) atoms. The second-order valence-corrected chi connectivity index (χ2v) is 8.08. The monoisotopic (exact) mass is 372 g/mol. The van der Waals surface area contributed by atoms with Crippen LogP contribution in [0.1, 0.15) is 31.9 Å². The molecule has 0 bridgehead atoms. The SMILES string of the molecule is CSc1ccc(N[C@@H]2C[C@H](C)N(C(C)=O)c3ccc(SC)cc32)cc1. The van der Waals surface area contributed by atoms with Crippen LogP contribution < -0.4 is 10.2 Å². The van der Waals surface area contributed by atoms with Gasteiger partial charge < -0.3 is 10.2 Å². The van der Waals surface area contributed by atoms with E-state index in [0.29, 0.717) is 0 Å². The molecule has 2 aromatic rings. The summed E-state index contributed by atoms with van der Waals surface area (Å²) in [5.74, 6) is 0.105. The molecule has 1 aliphatic rings. The van der Waals surface area contributed by atoms with Crippen molar-refractivity contribution in [3.8, 4) is 0 Å². The van der Waals surface area contributed by atoms with Crippen molar-refractivity contribution in [2.45, 2.75) is 42.1 Å². The van der Waals surface area contributed by atoms with Crippen LogP contribution in [0.3, 0.4) is 0 Å². The first-order valence-electron chi connectivity index (χ1n) is 8.41. The normalized spacial score (nSPS) is 19.4. The van der Waals surface area contributed by atoms with Crippen molar-refractivity contribution in [2.75, 3.05) is 22.7 Å². The highest BCUT2D eigenvalue weighted by molar-refractivity contribution is 7.98. The first-order valence-corrected chi connectivity index (χ1v) is 10.9. The molecule has 0 spiro atoms. The molecule has 0 radical (unpaired) electrons. The third kappa shape index (κ3) is 3.82. The molecule has 3 rings (SSSR count). The third-order valence-corrected chi connectivity index (χ3v) is 6.13. The molecule has 1 amide bonds. The molecule has 1 aliphatic heterocycles. The minimum absolute atomic E-state index is 0.105. The van der Waals surface area contributed by atoms with E-state index >= 15 is 0 Å². The second-order valence-electron chi connectivity index (χ2n) is 6.32. The first-order chi connectivity index (χ1) is 12.0. The lowest BCUT2D eigenvalue weighted by Crippen LogP contribution is -2.43. The Balaban J connectivity index is 1.96. The summed E-state index contributed by atoms with van der Waals surface area (Å²) in [5.41, 5.74) is 3.35. The first kappa shape index (κ1) is 18.2. The number of amides is 1. The third-order valence-electron chi connectivity index (χ3n) is 4.66. The van der Waals surface area contributed by atoms with Crippen LogP contribution in [0.25, 0.3) is 0 Å². The number of benzene rings is 2. The van der Waals surface area contributed by atoms with Gasteiger partial charge in [0.05, 0.1) is 6.04 Å². The Bertz CT molecular complexity index is 761. The van der Waals surface area contributed by atoms with Gasteiger partial charge in [-0.1, -0.05) is 0 Å². The maximum Gasteiger partial charge on any atom is 0.224 e. The van der Waals surface area contributed by atoms with E-state index in [9.17, 15) is 4.79 Å². The fourth-order valence-corrected chi connectivity index (χ4v) is 4.33. The molecule has 0 fully saturated rings. The highest BCUT2D eigenvalue weighted by Crippen LogP contribution is 2.40. The van der Waals surface area contributed by atoms with Gasteiger partial charge in [0, 0.05) is 34.1 Å². The van der Waals surface area contributed by atoms with Crippen LogP contribution in [-0.2, 0) is 4.79 Å². The summed E-state index contributed by atoms with van der Waals surface area (Å²) in [6.45, 7) is 3.77. The zero-order valence-electron chi connectivity index (χ0n) is 15.1. The summed E-state index contributed by atoms with van der Waals surface area (Å²) >= 11 is 3.48. The molecule has 2 atom stereocenters. The number of thioether (sulfide) groups is 2. The number of carbonyl (C=O) groups excluding carboxylic acids is 1. The van der Waals surface area contributed by atoms with Crippen molar-refractivity contribution < 1.29 is 4.79 Å². The summed E-state index contributed by atoms with van der Waals surface area (Å²) in [7, 11) is 0. The van der Waals surface area contributed by atoms with Crippen LogP contribution >= 0.6 is 23.5 Å². The van der Waals surface area contributed by atoms with Gasteiger partial charge in [-0.3, -0.25) is 4.79 Å². The number of anilines is 2. The largest absolute Gasteiger partial charge is 0.378 e. The van der Waals surface area contributed by atoms with Crippen molar-refractivity contribution in [3.63, 3.8) is 0 Å². The predicted octanol–water partition coefficient (Wildman–Crippen LogP) is 5.43. The van der Waals surface area contributed by atoms with Crippen molar-refractivity contribution in [1.82, 2.24) is 0 Å². The number of carbonyl (C=O) groups is 1. The topological polar surface area (TPSA) is 32.3 Å². The summed E-state index contributed by atoms with van der Waals surface area (Å²) in [5, 5.41) is 3.67. The molecule has 0 aliphatic carbocycles. The van der Waals surface area contributed by atoms with Gasteiger partial charge >= 0.3 is 0 Å². The fraction of sp³-hybridized carbons (Fsp3) is 0.350. The molecule has 132 valence electrons. The number of rotatable bonds is 4. The summed E-state index contributed by atoms with van der Waals surface area (Å²) in [6, 6.07) is 15.3. The lowest BCUT2D eigenvalue weighted by molar-refractivity contribution is -0.117. The number of fused-ring (bicyclic) bond motifs is 1. The molecule has 0 saturated carbocycles. The van der Waals surface area contributed by atoms with Crippen LogP contribution in [0.5, 0.6) is 0 Å². The van der Waals surface area contributed by atoms with Gasteiger partial charge in [-0.15, -0.1) is 23.5 Å². The molecule has 3 nitrogen and oxygen atoms in total. The molecule has 1 N–H and O–H groups in total. The van der Waals surface area contributed by atoms with Gasteiger partial charge in [-0.25, -0.2) is 0 Å². The van der Waals surface area contributed by atoms with E-state index in [0.717, 1.165) is 17.8 Å². The smallest absolute Gasteiger partial charge is 0.224 e. The van der Waals surface area contributed by atoms with E-state index < -0.39 is 0 Å². The lowest BCUT2D eigenvalue weighted by Gasteiger charge is -2.39. The van der Waals surface area contributed by atoms with Gasteiger partial charge in [-0.2, -0.15) is 0 Å². The van der Waals surface area contributed by atoms with Crippen molar-refractivity contribution in [2.24, 2.45) is 0 Å². The number of nitrogens with one attached hydrogen (secondary N) is 1. The number of hydrogen-bond donors (Lipinski definition) is 1. The molecule has 0 aromatic heterocycles. The van der Waals surface area contributed by atoms with Crippen molar-refractivity contribution in [1.29, 1.82) is 0 Å². The van der Waals surface area contributed by atoms with Crippen molar-refractivity contribution in [3.05, 3.63) is 48.0 Å². The molecular formula is C20H24N2OS2. The van der Waals surface area contributed by atoms with Gasteiger partial charge in [0.15, 0.2) is 0 Å². The predicted molar refractivity (Wildman–Crippen MR) is 110 cm³/mol. The Hall–Kier alpha value is -1.59. The molecule has 5 heteroatoms. The highest BCUT2D eigenvalue weighted by atomic mass is 32.2. The molecule has 0 saturated heterocycles. The minimum Gasteiger partial charge on any atom is -0.378 e. The van der Waals surface area contributed by atoms with Gasteiger partial charge in [0.25, 0.3) is 0 Å². The maximum atomic E-state index is 12.2. The van der Waals surface area contributed by atoms with E-state index in [1.807, 2.05) is 4.90 Å². The van der Waals surface area contributed by atoms with E-state index in [1.165, 1.54) is 15.4 Å². The highest BCUT2D eigenvalue weighted by Gasteiger charge is 2.32. The van der Waals surface area contributed by atoms with Crippen LogP contribution in [0.2, 0.25) is 0 Å². The molecule has 0 unspecified atom stereocenters. The van der Waals surface area contributed by atoms with E-state index in [2.05, 4.69) is 67.2 Å². The second kappa shape index (κ2) is 7.75. The van der Waals surface area contributed by atoms with Gasteiger partial charge in [0.1, 0.15) is 0 Å². The van der Waals surface area contributed by atoms with Gasteiger partial charge in [-0.05, 0) is 73.9 Å². The van der Waals surface area contributed by atoms with Crippen LogP contribution in [-0.4, -0.2) is 24.5 Å². The Morgan fingerprint density at radius 1 is 1.08 bits per heavy atom. The Morgan fingerprint density at radius 3 is 2.32 bits per heavy atom. The maximum absolute atomic E-state index is 12.2. The summed E-state index contributed by atoms with van der Waals surface area (Å²) in [6.07, 6.45) is 5.07. The molecular weight excluding hydrogens is 348 g/mol. The van der Waals surface area contributed by atoms with Gasteiger partial charge in [0.2, 0.25) is 5.91 Å². The van der Waals surface area contributed by atoms with E-state index in [4.69, 9.17) is 0 Å². The average molecular weight is 373 g/mol. The van der Waals surface area contributed by atoms with Crippen LogP contribution in [0.15, 0.2) is 52.3 Å². The van der Waals surface area contributed by atoms with E-state index in [-0.39, 0.29) is 18.0 Å². The molecule has 2 aromatic carbocycles. The Labute approximate surface area is 158 Å². The van der Waals surface area contributed by atoms with E-state index in [1.54, 1.807) is 30.4 Å². The minimum atomic E-state index is 0.105. The Morgan fingerprint density at radius 2 is 1.72 bits per heavy atom. The number of nitrogens with zero attached hydrogens (tertiary/aromatic N) is 1. The molecule has 1 heterocycles. The van der Waals surface area contributed by atoms with Crippen molar-refractivity contribution >= 4 is 40.8 Å². The summed E-state index contributed by atoms with van der Waals surface area (Å²) in [4.78, 5) is 16.6. The van der Waals surface area contributed by atoms with Crippen LogP contribution in [0.4, 0.5) is 11.4 Å². The number of hydrogen-bond acceptors (Lipinski definition) is 4. The zero-order valence-corrected chi connectivity index (χ0v) is 16.7. The lowest BCUT2D eigenvalue weighted by atomic mass is 9.91. The Kier molecular flexibility index (Phi) is 5.64.